The quantitative estimate of drug-likeness (QED) is 0.732. The topological polar surface area (TPSA) is 54.1 Å². The number of aromatic amines is 1. The molecule has 6 heteroatoms. The summed E-state index contributed by atoms with van der Waals surface area (Å²) in [6.07, 6.45) is 1.82. The Hall–Kier alpha value is -2.89. The second kappa shape index (κ2) is 6.31. The molecule has 1 aromatic heterocycles. The SMILES string of the molecule is Cc1cc(C(=O)Nc2ccc3[nH]ccc3c2)cc(C)c1OC(F)F. The van der Waals surface area contributed by atoms with E-state index in [0.29, 0.717) is 22.4 Å². The van der Waals surface area contributed by atoms with Crippen molar-refractivity contribution in [1.82, 2.24) is 4.98 Å². The number of carbonyl (C=O) groups excluding carboxylic acids is 1. The lowest BCUT2D eigenvalue weighted by Gasteiger charge is -2.13. The predicted molar refractivity (Wildman–Crippen MR) is 88.8 cm³/mol. The number of aromatic nitrogens is 1. The number of ether oxygens (including phenoxy) is 1. The maximum atomic E-state index is 12.4. The van der Waals surface area contributed by atoms with Gasteiger partial charge in [0.25, 0.3) is 5.91 Å². The molecule has 3 aromatic rings. The summed E-state index contributed by atoms with van der Waals surface area (Å²) >= 11 is 0. The van der Waals surface area contributed by atoms with Crippen molar-refractivity contribution in [3.8, 4) is 5.75 Å². The molecule has 0 radical (unpaired) electrons. The smallest absolute Gasteiger partial charge is 0.387 e. The number of nitrogens with one attached hydrogen (secondary N) is 2. The van der Waals surface area contributed by atoms with E-state index in [2.05, 4.69) is 15.0 Å². The van der Waals surface area contributed by atoms with Crippen LogP contribution in [0.2, 0.25) is 0 Å². The summed E-state index contributed by atoms with van der Waals surface area (Å²) in [5.41, 5.74) is 3.01. The molecule has 0 saturated carbocycles. The molecule has 1 heterocycles. The lowest BCUT2D eigenvalue weighted by atomic mass is 10.0. The maximum Gasteiger partial charge on any atom is 0.387 e. The number of amides is 1. The summed E-state index contributed by atoms with van der Waals surface area (Å²) in [5, 5.41) is 3.80. The van der Waals surface area contributed by atoms with Crippen LogP contribution in [0.25, 0.3) is 10.9 Å². The highest BCUT2D eigenvalue weighted by atomic mass is 19.3. The Kier molecular flexibility index (Phi) is 4.20. The van der Waals surface area contributed by atoms with Gasteiger partial charge in [-0.1, -0.05) is 0 Å². The van der Waals surface area contributed by atoms with E-state index in [1.807, 2.05) is 24.4 Å². The first-order valence-corrected chi connectivity index (χ1v) is 7.38. The van der Waals surface area contributed by atoms with Gasteiger partial charge in [0.1, 0.15) is 5.75 Å². The molecule has 0 atom stereocenters. The number of benzene rings is 2. The highest BCUT2D eigenvalue weighted by molar-refractivity contribution is 6.05. The first kappa shape index (κ1) is 16.0. The number of fused-ring (bicyclic) bond motifs is 1. The van der Waals surface area contributed by atoms with E-state index in [1.165, 1.54) is 12.1 Å². The van der Waals surface area contributed by atoms with Crippen LogP contribution in [0.3, 0.4) is 0 Å². The number of anilines is 1. The van der Waals surface area contributed by atoms with Gasteiger partial charge in [-0.2, -0.15) is 8.78 Å². The van der Waals surface area contributed by atoms with Gasteiger partial charge in [-0.15, -0.1) is 0 Å². The number of aryl methyl sites for hydroxylation is 2. The van der Waals surface area contributed by atoms with Crippen molar-refractivity contribution in [1.29, 1.82) is 0 Å². The molecule has 2 N–H and O–H groups in total. The average molecular weight is 330 g/mol. The zero-order valence-corrected chi connectivity index (χ0v) is 13.2. The van der Waals surface area contributed by atoms with Crippen LogP contribution in [0.4, 0.5) is 14.5 Å². The summed E-state index contributed by atoms with van der Waals surface area (Å²) in [6.45, 7) is 0.371. The summed E-state index contributed by atoms with van der Waals surface area (Å²) < 4.78 is 29.3. The van der Waals surface area contributed by atoms with Gasteiger partial charge in [0.2, 0.25) is 0 Å². The minimum atomic E-state index is -2.89. The third kappa shape index (κ3) is 3.22. The standard InChI is InChI=1S/C18H16F2N2O2/c1-10-7-13(8-11(2)16(10)24-18(19)20)17(23)22-14-3-4-15-12(9-14)5-6-21-15/h3-9,18,21H,1-2H3,(H,22,23). The van der Waals surface area contributed by atoms with Crippen LogP contribution in [0.15, 0.2) is 42.6 Å². The molecule has 1 amide bonds. The molecular weight excluding hydrogens is 314 g/mol. The molecule has 0 aliphatic rings. The molecule has 0 fully saturated rings. The van der Waals surface area contributed by atoms with Crippen LogP contribution < -0.4 is 10.1 Å². The van der Waals surface area contributed by atoms with E-state index in [1.54, 1.807) is 19.9 Å². The summed E-state index contributed by atoms with van der Waals surface area (Å²) in [6, 6.07) is 10.5. The summed E-state index contributed by atoms with van der Waals surface area (Å²) in [5.74, 6) is -0.199. The van der Waals surface area contributed by atoms with Crippen LogP contribution in [-0.2, 0) is 0 Å². The number of halogens is 2. The molecule has 0 saturated heterocycles. The van der Waals surface area contributed by atoms with Crippen LogP contribution in [0.1, 0.15) is 21.5 Å². The Bertz CT molecular complexity index is 880. The molecule has 0 aliphatic heterocycles. The van der Waals surface area contributed by atoms with Crippen LogP contribution in [0.5, 0.6) is 5.75 Å². The number of hydrogen-bond acceptors (Lipinski definition) is 2. The van der Waals surface area contributed by atoms with E-state index in [4.69, 9.17) is 0 Å². The van der Waals surface area contributed by atoms with Gasteiger partial charge in [0.15, 0.2) is 0 Å². The van der Waals surface area contributed by atoms with Gasteiger partial charge in [-0.05, 0) is 61.4 Å². The lowest BCUT2D eigenvalue weighted by Crippen LogP contribution is -2.13. The highest BCUT2D eigenvalue weighted by Gasteiger charge is 2.15. The van der Waals surface area contributed by atoms with Crippen LogP contribution in [-0.4, -0.2) is 17.5 Å². The molecule has 0 unspecified atom stereocenters. The monoisotopic (exact) mass is 330 g/mol. The average Bonchev–Trinajstić information content (AvgIpc) is 2.98. The van der Waals surface area contributed by atoms with Crippen LogP contribution >= 0.6 is 0 Å². The minimum Gasteiger partial charge on any atom is -0.434 e. The van der Waals surface area contributed by atoms with Gasteiger partial charge in [0.05, 0.1) is 0 Å². The summed E-state index contributed by atoms with van der Waals surface area (Å²) in [7, 11) is 0. The van der Waals surface area contributed by atoms with Crippen molar-refractivity contribution >= 4 is 22.5 Å². The second-order valence-corrected chi connectivity index (χ2v) is 5.55. The zero-order valence-electron chi connectivity index (χ0n) is 13.2. The van der Waals surface area contributed by atoms with Gasteiger partial charge in [-0.3, -0.25) is 4.79 Å². The zero-order chi connectivity index (χ0) is 17.3. The Labute approximate surface area is 137 Å². The minimum absolute atomic E-state index is 0.107. The number of alkyl halides is 2. The van der Waals surface area contributed by atoms with E-state index in [9.17, 15) is 13.6 Å². The fourth-order valence-corrected chi connectivity index (χ4v) is 2.69. The molecule has 0 aliphatic carbocycles. The number of rotatable bonds is 4. The van der Waals surface area contributed by atoms with Gasteiger partial charge < -0.3 is 15.0 Å². The number of carbonyl (C=O) groups is 1. The molecular formula is C18H16F2N2O2. The molecule has 124 valence electrons. The lowest BCUT2D eigenvalue weighted by molar-refractivity contribution is -0.0507. The second-order valence-electron chi connectivity index (χ2n) is 5.55. The first-order valence-electron chi connectivity index (χ1n) is 7.38. The van der Waals surface area contributed by atoms with Gasteiger partial charge in [0, 0.05) is 28.4 Å². The molecule has 0 spiro atoms. The van der Waals surface area contributed by atoms with E-state index >= 15 is 0 Å². The molecule has 0 bridgehead atoms. The number of hydrogen-bond donors (Lipinski definition) is 2. The fraction of sp³-hybridized carbons (Fsp3) is 0.167. The van der Waals surface area contributed by atoms with Gasteiger partial charge >= 0.3 is 6.61 Å². The first-order chi connectivity index (χ1) is 11.4. The highest BCUT2D eigenvalue weighted by Crippen LogP contribution is 2.27. The molecule has 2 aromatic carbocycles. The van der Waals surface area contributed by atoms with Crippen molar-refractivity contribution in [2.75, 3.05) is 5.32 Å². The van der Waals surface area contributed by atoms with E-state index in [0.717, 1.165) is 10.9 Å². The molecule has 4 nitrogen and oxygen atoms in total. The normalized spacial score (nSPS) is 11.0. The third-order valence-electron chi connectivity index (χ3n) is 3.74. The van der Waals surface area contributed by atoms with Crippen molar-refractivity contribution in [3.05, 3.63) is 59.3 Å². The van der Waals surface area contributed by atoms with Crippen molar-refractivity contribution in [3.63, 3.8) is 0 Å². The predicted octanol–water partition coefficient (Wildman–Crippen LogP) is 4.64. The largest absolute Gasteiger partial charge is 0.434 e. The van der Waals surface area contributed by atoms with E-state index in [-0.39, 0.29) is 11.7 Å². The Balaban J connectivity index is 1.84. The van der Waals surface area contributed by atoms with Gasteiger partial charge in [-0.25, -0.2) is 0 Å². The number of H-pyrrole nitrogens is 1. The van der Waals surface area contributed by atoms with Crippen LogP contribution in [0, 0.1) is 13.8 Å². The van der Waals surface area contributed by atoms with Crippen molar-refractivity contribution in [2.24, 2.45) is 0 Å². The Morgan fingerprint density at radius 3 is 2.50 bits per heavy atom. The molecule has 3 rings (SSSR count). The third-order valence-corrected chi connectivity index (χ3v) is 3.74. The van der Waals surface area contributed by atoms with Crippen molar-refractivity contribution in [2.45, 2.75) is 20.5 Å². The Morgan fingerprint density at radius 1 is 1.12 bits per heavy atom. The van der Waals surface area contributed by atoms with Crippen molar-refractivity contribution < 1.29 is 18.3 Å². The Morgan fingerprint density at radius 2 is 1.83 bits per heavy atom. The maximum absolute atomic E-state index is 12.4. The van der Waals surface area contributed by atoms with E-state index < -0.39 is 6.61 Å². The molecule has 24 heavy (non-hydrogen) atoms. The fourth-order valence-electron chi connectivity index (χ4n) is 2.69. The summed E-state index contributed by atoms with van der Waals surface area (Å²) in [4.78, 5) is 15.5.